The van der Waals surface area contributed by atoms with Crippen LogP contribution in [-0.4, -0.2) is 77.0 Å². The predicted octanol–water partition coefficient (Wildman–Crippen LogP) is 4.89. The summed E-state index contributed by atoms with van der Waals surface area (Å²) < 4.78 is 0. The van der Waals surface area contributed by atoms with Gasteiger partial charge in [-0.3, -0.25) is 28.8 Å². The zero-order valence-electron chi connectivity index (χ0n) is 31.3. The molecule has 5 fully saturated rings. The fourth-order valence-corrected chi connectivity index (χ4v) is 9.61. The Bertz CT molecular complexity index is 1460. The molecule has 11 nitrogen and oxygen atoms in total. The highest BCUT2D eigenvalue weighted by Crippen LogP contribution is 2.42. The number of carbonyl (C=O) groups is 6. The number of amides is 5. The highest BCUT2D eigenvalue weighted by atomic mass is 32.1. The first-order valence-electron chi connectivity index (χ1n) is 20.1. The Morgan fingerprint density at radius 3 is 2.17 bits per heavy atom. The van der Waals surface area contributed by atoms with Crippen molar-refractivity contribution >= 4 is 46.7 Å². The van der Waals surface area contributed by atoms with Crippen molar-refractivity contribution in [3.63, 3.8) is 0 Å². The Morgan fingerprint density at radius 1 is 0.865 bits per heavy atom. The van der Waals surface area contributed by atoms with Crippen molar-refractivity contribution in [3.05, 3.63) is 22.4 Å². The van der Waals surface area contributed by atoms with Crippen LogP contribution in [0, 0.1) is 29.1 Å². The summed E-state index contributed by atoms with van der Waals surface area (Å²) in [7, 11) is 0. The van der Waals surface area contributed by atoms with E-state index in [0.29, 0.717) is 24.3 Å². The summed E-state index contributed by atoms with van der Waals surface area (Å²) in [6.45, 7) is 6.51. The molecule has 52 heavy (non-hydrogen) atoms. The standard InChI is InChI=1S/C40H59N5O6S/c1-24(2)28-18-21-45(32(28)37(49)42-29(23-25-14-15-25)33(46)38(50)41-27-16-17-27)39(51)34(40(3)19-8-5-9-20-40)44-36(48)31(26-11-6-4-7-12-26)43-35(47)30-13-10-22-52-30/h10,13,22,24-29,31-32,34H,4-9,11-12,14-21,23H2,1-3H3,(H,41,50)(H,42,49)(H,43,47)(H,44,48)/t28-,29?,31+,32+,34-/m1/s1. The van der Waals surface area contributed by atoms with Crippen molar-refractivity contribution < 1.29 is 28.8 Å². The zero-order valence-corrected chi connectivity index (χ0v) is 32.1. The third-order valence-corrected chi connectivity index (χ3v) is 13.4. The molecule has 2 heterocycles. The van der Waals surface area contributed by atoms with Crippen LogP contribution in [0.5, 0.6) is 0 Å². The van der Waals surface area contributed by atoms with E-state index < -0.39 is 47.2 Å². The molecule has 4 N–H and O–H groups in total. The average molecular weight is 738 g/mol. The van der Waals surface area contributed by atoms with Gasteiger partial charge in [0.2, 0.25) is 23.5 Å². The van der Waals surface area contributed by atoms with Crippen LogP contribution in [0.3, 0.4) is 0 Å². The summed E-state index contributed by atoms with van der Waals surface area (Å²) in [6.07, 6.45) is 13.8. The number of likely N-dealkylation sites (tertiary alicyclic amines) is 1. The van der Waals surface area contributed by atoms with Crippen molar-refractivity contribution in [1.82, 2.24) is 26.2 Å². The third kappa shape index (κ3) is 9.26. The average Bonchev–Trinajstić information content (AvgIpc) is 4.02. The quantitative estimate of drug-likeness (QED) is 0.188. The lowest BCUT2D eigenvalue weighted by molar-refractivity contribution is -0.147. The molecule has 5 amide bonds. The van der Waals surface area contributed by atoms with Gasteiger partial charge in [0.05, 0.1) is 10.9 Å². The molecular weight excluding hydrogens is 679 g/mol. The Morgan fingerprint density at radius 2 is 1.56 bits per heavy atom. The van der Waals surface area contributed by atoms with Crippen LogP contribution in [0.1, 0.15) is 133 Å². The maximum atomic E-state index is 15.0. The molecular formula is C40H59N5O6S. The molecule has 4 saturated carbocycles. The Balaban J connectivity index is 1.25. The van der Waals surface area contributed by atoms with Gasteiger partial charge in [0, 0.05) is 12.6 Å². The lowest BCUT2D eigenvalue weighted by Gasteiger charge is -2.43. The van der Waals surface area contributed by atoms with Gasteiger partial charge in [-0.25, -0.2) is 0 Å². The van der Waals surface area contributed by atoms with Gasteiger partial charge in [0.25, 0.3) is 11.8 Å². The van der Waals surface area contributed by atoms with E-state index in [1.165, 1.54) is 11.3 Å². The first kappa shape index (κ1) is 38.4. The molecule has 1 unspecified atom stereocenters. The number of nitrogens with zero attached hydrogens (tertiary/aromatic N) is 1. The van der Waals surface area contributed by atoms with Crippen LogP contribution in [0.25, 0.3) is 0 Å². The van der Waals surface area contributed by atoms with Gasteiger partial charge in [-0.1, -0.05) is 78.2 Å². The van der Waals surface area contributed by atoms with E-state index in [1.54, 1.807) is 11.0 Å². The summed E-state index contributed by atoms with van der Waals surface area (Å²) in [6, 6.07) is 0.128. The van der Waals surface area contributed by atoms with Gasteiger partial charge in [0.15, 0.2) is 0 Å². The second-order valence-electron chi connectivity index (χ2n) is 17.0. The second-order valence-corrected chi connectivity index (χ2v) is 18.0. The van der Waals surface area contributed by atoms with Crippen LogP contribution in [0.4, 0.5) is 0 Å². The minimum atomic E-state index is -0.946. The smallest absolute Gasteiger partial charge is 0.289 e. The van der Waals surface area contributed by atoms with Crippen LogP contribution in [-0.2, 0) is 24.0 Å². The first-order valence-corrected chi connectivity index (χ1v) is 20.9. The summed E-state index contributed by atoms with van der Waals surface area (Å²) in [5, 5.41) is 13.8. The number of Topliss-reactive ketones (excluding diaryl/α,β-unsaturated/α-hetero) is 1. The molecule has 6 rings (SSSR count). The second kappa shape index (κ2) is 16.8. The summed E-state index contributed by atoms with van der Waals surface area (Å²) >= 11 is 1.33. The summed E-state index contributed by atoms with van der Waals surface area (Å²) in [5.41, 5.74) is -0.539. The Kier molecular flexibility index (Phi) is 12.4. The number of hydrogen-bond donors (Lipinski definition) is 4. The summed E-state index contributed by atoms with van der Waals surface area (Å²) in [4.78, 5) is 85.6. The molecule has 0 bridgehead atoms. The SMILES string of the molecule is CC(C)[C@H]1CCN(C(=O)[C@@H](NC(=O)[C@@H](NC(=O)c2cccs2)C2CCCCC2)C2(C)CCCCC2)[C@@H]1C(=O)NC(CC1CC1)C(=O)C(=O)NC1CC1. The normalized spacial score (nSPS) is 25.1. The number of rotatable bonds is 15. The highest BCUT2D eigenvalue weighted by Gasteiger charge is 2.50. The zero-order chi connectivity index (χ0) is 37.0. The number of ketones is 1. The van der Waals surface area contributed by atoms with Crippen LogP contribution < -0.4 is 21.3 Å². The molecule has 0 spiro atoms. The minimum absolute atomic E-state index is 0.0250. The molecule has 5 atom stereocenters. The number of nitrogens with one attached hydrogen (secondary N) is 4. The molecule has 0 radical (unpaired) electrons. The minimum Gasteiger partial charge on any atom is -0.347 e. The first-order chi connectivity index (χ1) is 24.9. The van der Waals surface area contributed by atoms with Crippen LogP contribution >= 0.6 is 11.3 Å². The van der Waals surface area contributed by atoms with E-state index >= 15 is 4.79 Å². The molecule has 1 saturated heterocycles. The maximum absolute atomic E-state index is 15.0. The van der Waals surface area contributed by atoms with Crippen molar-refractivity contribution in [1.29, 1.82) is 0 Å². The molecule has 1 aromatic heterocycles. The molecule has 5 aliphatic rings. The molecule has 4 aliphatic carbocycles. The number of hydrogen-bond acceptors (Lipinski definition) is 7. The van der Waals surface area contributed by atoms with E-state index in [4.69, 9.17) is 0 Å². The van der Waals surface area contributed by atoms with E-state index in [0.717, 1.165) is 89.9 Å². The monoisotopic (exact) mass is 737 g/mol. The Labute approximate surface area is 312 Å². The van der Waals surface area contributed by atoms with E-state index in [1.807, 2.05) is 25.3 Å². The topological polar surface area (TPSA) is 154 Å². The van der Waals surface area contributed by atoms with Crippen molar-refractivity contribution in [2.75, 3.05) is 6.54 Å². The maximum Gasteiger partial charge on any atom is 0.289 e. The molecule has 286 valence electrons. The van der Waals surface area contributed by atoms with Crippen molar-refractivity contribution in [3.8, 4) is 0 Å². The van der Waals surface area contributed by atoms with Gasteiger partial charge in [0.1, 0.15) is 18.1 Å². The molecule has 1 aliphatic heterocycles. The highest BCUT2D eigenvalue weighted by molar-refractivity contribution is 7.12. The Hall–Kier alpha value is -3.28. The fraction of sp³-hybridized carbons (Fsp3) is 0.750. The van der Waals surface area contributed by atoms with E-state index in [2.05, 4.69) is 28.2 Å². The predicted molar refractivity (Wildman–Crippen MR) is 199 cm³/mol. The molecule has 12 heteroatoms. The van der Waals surface area contributed by atoms with E-state index in [9.17, 15) is 24.0 Å². The van der Waals surface area contributed by atoms with Gasteiger partial charge in [-0.2, -0.15) is 0 Å². The van der Waals surface area contributed by atoms with Gasteiger partial charge < -0.3 is 26.2 Å². The lowest BCUT2D eigenvalue weighted by Crippen LogP contribution is -2.63. The van der Waals surface area contributed by atoms with Gasteiger partial charge in [-0.05, 0) is 91.9 Å². The number of thiophene rings is 1. The summed E-state index contributed by atoms with van der Waals surface area (Å²) in [5.74, 6) is -2.45. The van der Waals surface area contributed by atoms with Crippen molar-refractivity contribution in [2.24, 2.45) is 29.1 Å². The fourth-order valence-electron chi connectivity index (χ4n) is 8.98. The molecule has 1 aromatic rings. The third-order valence-electron chi connectivity index (χ3n) is 12.5. The number of carbonyl (C=O) groups excluding carboxylic acids is 6. The van der Waals surface area contributed by atoms with Crippen LogP contribution in [0.15, 0.2) is 17.5 Å². The van der Waals surface area contributed by atoms with Crippen LogP contribution in [0.2, 0.25) is 0 Å². The van der Waals surface area contributed by atoms with Crippen molar-refractivity contribution in [2.45, 2.75) is 154 Å². The van der Waals surface area contributed by atoms with Gasteiger partial charge in [-0.15, -0.1) is 11.3 Å². The molecule has 0 aromatic carbocycles. The lowest BCUT2D eigenvalue weighted by atomic mass is 9.69. The largest absolute Gasteiger partial charge is 0.347 e. The van der Waals surface area contributed by atoms with E-state index in [-0.39, 0.29) is 47.4 Å². The van der Waals surface area contributed by atoms with Gasteiger partial charge >= 0.3 is 0 Å².